The van der Waals surface area contributed by atoms with Gasteiger partial charge in [-0.3, -0.25) is 9.79 Å². The van der Waals surface area contributed by atoms with Gasteiger partial charge in [0.05, 0.1) is 18.0 Å². The van der Waals surface area contributed by atoms with Gasteiger partial charge in [-0.25, -0.2) is 0 Å². The predicted octanol–water partition coefficient (Wildman–Crippen LogP) is 4.56. The van der Waals surface area contributed by atoms with Crippen molar-refractivity contribution >= 4 is 11.6 Å². The van der Waals surface area contributed by atoms with E-state index in [0.717, 1.165) is 56.7 Å². The van der Waals surface area contributed by atoms with Crippen LogP contribution in [0.1, 0.15) is 73.4 Å². The smallest absolute Gasteiger partial charge is 0.231 e. The van der Waals surface area contributed by atoms with Crippen LogP contribution in [0, 0.1) is 0 Å². The monoisotopic (exact) mass is 415 g/mol. The van der Waals surface area contributed by atoms with E-state index in [-0.39, 0.29) is 17.4 Å². The van der Waals surface area contributed by atoms with Gasteiger partial charge in [-0.1, -0.05) is 43.3 Å². The quantitative estimate of drug-likeness (QED) is 0.721. The highest BCUT2D eigenvalue weighted by Gasteiger charge is 2.52. The first-order valence-corrected chi connectivity index (χ1v) is 11.9. The van der Waals surface area contributed by atoms with Crippen LogP contribution in [0.5, 0.6) is 0 Å². The summed E-state index contributed by atoms with van der Waals surface area (Å²) in [5.41, 5.74) is 6.93. The summed E-state index contributed by atoms with van der Waals surface area (Å²) >= 11 is 0. The van der Waals surface area contributed by atoms with E-state index in [9.17, 15) is 4.79 Å². The molecule has 1 N–H and O–H groups in total. The Hall–Kier alpha value is -2.46. The summed E-state index contributed by atoms with van der Waals surface area (Å²) in [6.45, 7) is 8.19. The number of hydrogen-bond donors (Lipinski definition) is 1. The average Bonchev–Trinajstić information content (AvgIpc) is 3.30. The maximum absolute atomic E-state index is 13.7. The number of carbonyl (C=O) groups is 1. The molecule has 31 heavy (non-hydrogen) atoms. The van der Waals surface area contributed by atoms with Crippen LogP contribution in [0.15, 0.2) is 47.5 Å². The van der Waals surface area contributed by atoms with Gasteiger partial charge in [0, 0.05) is 17.8 Å². The fraction of sp³-hybridized carbons (Fsp3) is 0.481. The van der Waals surface area contributed by atoms with Crippen molar-refractivity contribution in [3.05, 3.63) is 70.3 Å². The van der Waals surface area contributed by atoms with E-state index < -0.39 is 0 Å². The van der Waals surface area contributed by atoms with E-state index in [1.54, 1.807) is 0 Å². The summed E-state index contributed by atoms with van der Waals surface area (Å²) in [5.74, 6) is 0.186. The number of carbonyl (C=O) groups excluding carboxylic acids is 1. The molecule has 162 valence electrons. The van der Waals surface area contributed by atoms with Gasteiger partial charge in [0.15, 0.2) is 0 Å². The molecule has 1 amide bonds. The van der Waals surface area contributed by atoms with Gasteiger partial charge < -0.3 is 10.2 Å². The number of nitrogens with zero attached hydrogens (tertiary/aromatic N) is 2. The second-order valence-electron chi connectivity index (χ2n) is 9.49. The van der Waals surface area contributed by atoms with Crippen LogP contribution in [0.25, 0.3) is 0 Å². The summed E-state index contributed by atoms with van der Waals surface area (Å²) in [4.78, 5) is 20.7. The molecule has 1 aliphatic carbocycles. The van der Waals surface area contributed by atoms with Crippen molar-refractivity contribution in [2.75, 3.05) is 19.6 Å². The Morgan fingerprint density at radius 1 is 1.16 bits per heavy atom. The highest BCUT2D eigenvalue weighted by Crippen LogP contribution is 2.49. The summed E-state index contributed by atoms with van der Waals surface area (Å²) in [6, 6.07) is 15.3. The lowest BCUT2D eigenvalue weighted by Gasteiger charge is -2.27. The van der Waals surface area contributed by atoms with Crippen molar-refractivity contribution in [3.8, 4) is 0 Å². The van der Waals surface area contributed by atoms with Crippen molar-refractivity contribution in [1.29, 1.82) is 0 Å². The van der Waals surface area contributed by atoms with E-state index in [1.165, 1.54) is 35.1 Å². The van der Waals surface area contributed by atoms with Gasteiger partial charge >= 0.3 is 0 Å². The third-order valence-corrected chi connectivity index (χ3v) is 7.43. The lowest BCUT2D eigenvalue weighted by molar-refractivity contribution is -0.124. The van der Waals surface area contributed by atoms with Crippen LogP contribution in [0.4, 0.5) is 0 Å². The molecule has 2 heterocycles. The second kappa shape index (κ2) is 8.23. The van der Waals surface area contributed by atoms with Crippen LogP contribution in [0.3, 0.4) is 0 Å². The number of nitrogens with one attached hydrogen (secondary N) is 1. The third kappa shape index (κ3) is 3.94. The van der Waals surface area contributed by atoms with Gasteiger partial charge in [-0.2, -0.15) is 0 Å². The Kier molecular flexibility index (Phi) is 5.43. The van der Waals surface area contributed by atoms with Crippen molar-refractivity contribution < 1.29 is 4.79 Å². The first-order valence-electron chi connectivity index (χ1n) is 11.9. The minimum Gasteiger partial charge on any atom is -0.347 e. The summed E-state index contributed by atoms with van der Waals surface area (Å²) in [6.07, 6.45) is 5.39. The first kappa shape index (κ1) is 20.4. The molecule has 0 spiro atoms. The Bertz CT molecular complexity index is 1010. The molecule has 2 aliphatic heterocycles. The zero-order valence-corrected chi connectivity index (χ0v) is 18.8. The molecule has 0 unspecified atom stereocenters. The number of likely N-dealkylation sites (tertiary alicyclic amines) is 1. The highest BCUT2D eigenvalue weighted by molar-refractivity contribution is 6.02. The molecule has 1 saturated carbocycles. The second-order valence-corrected chi connectivity index (χ2v) is 9.49. The molecule has 4 nitrogen and oxygen atoms in total. The van der Waals surface area contributed by atoms with Crippen LogP contribution in [-0.2, 0) is 23.2 Å². The number of aryl methyl sites for hydroxylation is 1. The Labute approximate surface area is 185 Å². The molecule has 3 aliphatic rings. The predicted molar refractivity (Wildman–Crippen MR) is 126 cm³/mol. The minimum atomic E-state index is -0.372. The standard InChI is InChI=1S/C27H33N3O/c1-3-20-7-6-8-21(15-20)25(18-30-13-4-5-14-30)29-26(31)27(11-12-27)23-10-9-22-17-28-19(2)24(22)16-23/h6-10,15-16,25H,3-5,11-14,17-18H2,1-2H3,(H,29,31)/t25-/m1/s1. The maximum atomic E-state index is 13.7. The van der Waals surface area contributed by atoms with Gasteiger partial charge in [0.2, 0.25) is 5.91 Å². The largest absolute Gasteiger partial charge is 0.347 e. The Balaban J connectivity index is 1.40. The molecule has 2 fully saturated rings. The normalized spacial score (nSPS) is 20.3. The molecule has 0 aromatic heterocycles. The van der Waals surface area contributed by atoms with Gasteiger partial charge in [0.25, 0.3) is 0 Å². The minimum absolute atomic E-state index is 0.0345. The highest BCUT2D eigenvalue weighted by atomic mass is 16.2. The molecule has 1 saturated heterocycles. The van der Waals surface area contributed by atoms with Gasteiger partial charge in [-0.05, 0) is 80.4 Å². The molecule has 1 atom stereocenters. The van der Waals surface area contributed by atoms with Crippen molar-refractivity contribution in [1.82, 2.24) is 10.2 Å². The molecule has 4 heteroatoms. The van der Waals surface area contributed by atoms with Gasteiger partial charge in [-0.15, -0.1) is 0 Å². The maximum Gasteiger partial charge on any atom is 0.231 e. The van der Waals surface area contributed by atoms with Crippen LogP contribution >= 0.6 is 0 Å². The fourth-order valence-electron chi connectivity index (χ4n) is 5.19. The van der Waals surface area contributed by atoms with E-state index in [2.05, 4.69) is 71.5 Å². The summed E-state index contributed by atoms with van der Waals surface area (Å²) in [7, 11) is 0. The topological polar surface area (TPSA) is 44.7 Å². The average molecular weight is 416 g/mol. The number of fused-ring (bicyclic) bond motifs is 1. The van der Waals surface area contributed by atoms with Crippen molar-refractivity contribution in [2.45, 2.75) is 64.0 Å². The number of rotatable bonds is 7. The van der Waals surface area contributed by atoms with E-state index >= 15 is 0 Å². The molecule has 0 bridgehead atoms. The van der Waals surface area contributed by atoms with Crippen molar-refractivity contribution in [3.63, 3.8) is 0 Å². The molecule has 2 aromatic rings. The molecular formula is C27H33N3O. The molecule has 2 aromatic carbocycles. The van der Waals surface area contributed by atoms with E-state index in [1.807, 2.05) is 0 Å². The lowest BCUT2D eigenvalue weighted by Crippen LogP contribution is -2.42. The Morgan fingerprint density at radius 3 is 2.71 bits per heavy atom. The number of amides is 1. The number of benzene rings is 2. The molecule has 0 radical (unpaired) electrons. The van der Waals surface area contributed by atoms with E-state index in [0.29, 0.717) is 0 Å². The van der Waals surface area contributed by atoms with Crippen LogP contribution < -0.4 is 5.32 Å². The number of aliphatic imine (C=N–C) groups is 1. The summed E-state index contributed by atoms with van der Waals surface area (Å²) < 4.78 is 0. The first-order chi connectivity index (χ1) is 15.1. The van der Waals surface area contributed by atoms with Crippen molar-refractivity contribution in [2.24, 2.45) is 4.99 Å². The zero-order valence-electron chi connectivity index (χ0n) is 18.8. The number of hydrogen-bond acceptors (Lipinski definition) is 3. The van der Waals surface area contributed by atoms with Crippen LogP contribution in [0.2, 0.25) is 0 Å². The van der Waals surface area contributed by atoms with E-state index in [4.69, 9.17) is 0 Å². The van der Waals surface area contributed by atoms with Gasteiger partial charge in [0.1, 0.15) is 0 Å². The third-order valence-electron chi connectivity index (χ3n) is 7.43. The SMILES string of the molecule is CCc1cccc([C@@H](CN2CCCC2)NC(=O)C2(c3ccc4c(c3)C(C)=NC4)CC2)c1. The van der Waals surface area contributed by atoms with Crippen LogP contribution in [-0.4, -0.2) is 36.2 Å². The zero-order chi connectivity index (χ0) is 21.4. The Morgan fingerprint density at radius 2 is 1.97 bits per heavy atom. The lowest BCUT2D eigenvalue weighted by atomic mass is 9.90. The summed E-state index contributed by atoms with van der Waals surface area (Å²) in [5, 5.41) is 3.48. The molecule has 5 rings (SSSR count). The molecular weight excluding hydrogens is 382 g/mol. The fourth-order valence-corrected chi connectivity index (χ4v) is 5.19.